The van der Waals surface area contributed by atoms with Crippen LogP contribution in [-0.2, 0) is 0 Å². The number of aromatic hydroxyl groups is 1. The van der Waals surface area contributed by atoms with E-state index in [2.05, 4.69) is 19.9 Å². The lowest BCUT2D eigenvalue weighted by atomic mass is 10.1. The van der Waals surface area contributed by atoms with Crippen molar-refractivity contribution in [3.05, 3.63) is 42.5 Å². The molecule has 3 rings (SSSR count). The second kappa shape index (κ2) is 5.24. The second-order valence-corrected chi connectivity index (χ2v) is 4.46. The Kier molecular flexibility index (Phi) is 3.26. The van der Waals surface area contributed by atoms with Gasteiger partial charge in [-0.3, -0.25) is 0 Å². The molecule has 3 aromatic rings. The molecule has 0 aliphatic carbocycles. The summed E-state index contributed by atoms with van der Waals surface area (Å²) in [6.07, 6.45) is 2.87. The van der Waals surface area contributed by atoms with E-state index in [1.807, 2.05) is 0 Å². The maximum absolute atomic E-state index is 14.1. The van der Waals surface area contributed by atoms with Crippen molar-refractivity contribution in [1.82, 2.24) is 19.9 Å². The van der Waals surface area contributed by atoms with Gasteiger partial charge in [0, 0.05) is 24.0 Å². The average molecular weight is 298 g/mol. The molecule has 0 fully saturated rings. The zero-order chi connectivity index (χ0) is 15.7. The summed E-state index contributed by atoms with van der Waals surface area (Å²) in [4.78, 5) is 15.7. The highest BCUT2D eigenvalue weighted by molar-refractivity contribution is 5.70. The number of aromatic nitrogens is 4. The van der Waals surface area contributed by atoms with E-state index < -0.39 is 5.82 Å². The van der Waals surface area contributed by atoms with Crippen molar-refractivity contribution in [2.24, 2.45) is 0 Å². The third-order valence-corrected chi connectivity index (χ3v) is 2.93. The number of pyridine rings is 2. The van der Waals surface area contributed by atoms with Gasteiger partial charge in [0.25, 0.3) is 0 Å². The predicted molar refractivity (Wildman–Crippen MR) is 78.9 cm³/mol. The monoisotopic (exact) mass is 298 g/mol. The molecule has 0 radical (unpaired) electrons. The van der Waals surface area contributed by atoms with Crippen LogP contribution in [0.15, 0.2) is 36.7 Å². The molecule has 0 aliphatic rings. The van der Waals surface area contributed by atoms with Crippen molar-refractivity contribution in [3.63, 3.8) is 0 Å². The van der Waals surface area contributed by atoms with Crippen molar-refractivity contribution in [2.75, 3.05) is 11.5 Å². The standard InChI is InChI=1S/C14H11FN6O/c15-8-6-10(22)13(9-2-4-19-14(17)20-9)21-12(8)7-1-3-18-11(16)5-7/h1-6,22H,(H2,16,18)(H2,17,19,20). The summed E-state index contributed by atoms with van der Waals surface area (Å²) in [5, 5.41) is 9.92. The van der Waals surface area contributed by atoms with Crippen LogP contribution < -0.4 is 11.5 Å². The van der Waals surface area contributed by atoms with Gasteiger partial charge in [0.2, 0.25) is 5.95 Å². The fourth-order valence-corrected chi connectivity index (χ4v) is 1.97. The van der Waals surface area contributed by atoms with E-state index in [4.69, 9.17) is 11.5 Å². The van der Waals surface area contributed by atoms with E-state index in [9.17, 15) is 9.50 Å². The first kappa shape index (κ1) is 13.7. The Bertz CT molecular complexity index is 788. The summed E-state index contributed by atoms with van der Waals surface area (Å²) in [5.41, 5.74) is 12.0. The minimum atomic E-state index is -0.686. The zero-order valence-electron chi connectivity index (χ0n) is 11.2. The minimum absolute atomic E-state index is 0.0257. The SMILES string of the molecule is Nc1cc(-c2nc(-c3ccnc(N)n3)c(O)cc2F)ccn1. The van der Waals surface area contributed by atoms with Crippen LogP contribution in [0.5, 0.6) is 5.75 Å². The van der Waals surface area contributed by atoms with Crippen LogP contribution in [-0.4, -0.2) is 25.0 Å². The molecule has 3 heterocycles. The fraction of sp³-hybridized carbons (Fsp3) is 0. The van der Waals surface area contributed by atoms with Crippen LogP contribution in [0.3, 0.4) is 0 Å². The highest BCUT2D eigenvalue weighted by atomic mass is 19.1. The summed E-state index contributed by atoms with van der Waals surface area (Å²) in [7, 11) is 0. The van der Waals surface area contributed by atoms with E-state index in [-0.39, 0.29) is 34.6 Å². The van der Waals surface area contributed by atoms with E-state index in [0.717, 1.165) is 6.07 Å². The predicted octanol–water partition coefficient (Wildman–Crippen LogP) is 1.61. The van der Waals surface area contributed by atoms with Crippen LogP contribution >= 0.6 is 0 Å². The Morgan fingerprint density at radius 2 is 1.73 bits per heavy atom. The second-order valence-electron chi connectivity index (χ2n) is 4.46. The number of rotatable bonds is 2. The smallest absolute Gasteiger partial charge is 0.220 e. The van der Waals surface area contributed by atoms with Gasteiger partial charge >= 0.3 is 0 Å². The Morgan fingerprint density at radius 1 is 0.955 bits per heavy atom. The van der Waals surface area contributed by atoms with Gasteiger partial charge in [0.05, 0.1) is 5.69 Å². The number of halogens is 1. The number of hydrogen-bond donors (Lipinski definition) is 3. The first-order valence-corrected chi connectivity index (χ1v) is 6.25. The molecule has 0 bridgehead atoms. The molecule has 7 nitrogen and oxygen atoms in total. The van der Waals surface area contributed by atoms with Gasteiger partial charge in [0.15, 0.2) is 5.82 Å². The fourth-order valence-electron chi connectivity index (χ4n) is 1.97. The molecule has 0 atom stereocenters. The molecule has 22 heavy (non-hydrogen) atoms. The first-order chi connectivity index (χ1) is 10.5. The largest absolute Gasteiger partial charge is 0.505 e. The van der Waals surface area contributed by atoms with E-state index in [1.54, 1.807) is 6.07 Å². The van der Waals surface area contributed by atoms with Gasteiger partial charge in [0.1, 0.15) is 23.0 Å². The molecule has 0 saturated heterocycles. The van der Waals surface area contributed by atoms with E-state index in [1.165, 1.54) is 24.5 Å². The molecule has 110 valence electrons. The first-order valence-electron chi connectivity index (χ1n) is 6.25. The van der Waals surface area contributed by atoms with Crippen molar-refractivity contribution in [3.8, 4) is 28.4 Å². The molecule has 0 saturated carbocycles. The van der Waals surface area contributed by atoms with Crippen molar-refractivity contribution in [2.45, 2.75) is 0 Å². The lowest BCUT2D eigenvalue weighted by molar-refractivity contribution is 0.468. The molecule has 0 aliphatic heterocycles. The van der Waals surface area contributed by atoms with Crippen LogP contribution in [0.4, 0.5) is 16.2 Å². The van der Waals surface area contributed by atoms with Gasteiger partial charge in [-0.15, -0.1) is 0 Å². The lowest BCUT2D eigenvalue weighted by Crippen LogP contribution is -1.99. The van der Waals surface area contributed by atoms with Crippen LogP contribution in [0.25, 0.3) is 22.6 Å². The average Bonchev–Trinajstić information content (AvgIpc) is 2.47. The number of anilines is 2. The summed E-state index contributed by atoms with van der Waals surface area (Å²) < 4.78 is 14.1. The van der Waals surface area contributed by atoms with Gasteiger partial charge in [-0.05, 0) is 18.2 Å². The van der Waals surface area contributed by atoms with Crippen molar-refractivity contribution in [1.29, 1.82) is 0 Å². The van der Waals surface area contributed by atoms with Gasteiger partial charge in [-0.25, -0.2) is 24.3 Å². The normalized spacial score (nSPS) is 10.6. The molecule has 8 heteroatoms. The Balaban J connectivity index is 2.19. The molecular weight excluding hydrogens is 287 g/mol. The molecule has 0 unspecified atom stereocenters. The van der Waals surface area contributed by atoms with Gasteiger partial charge in [-0.1, -0.05) is 0 Å². The molecule has 0 aromatic carbocycles. The minimum Gasteiger partial charge on any atom is -0.505 e. The summed E-state index contributed by atoms with van der Waals surface area (Å²) in [6.45, 7) is 0. The topological polar surface area (TPSA) is 124 Å². The van der Waals surface area contributed by atoms with Crippen LogP contribution in [0.2, 0.25) is 0 Å². The molecule has 5 N–H and O–H groups in total. The van der Waals surface area contributed by atoms with Crippen LogP contribution in [0, 0.1) is 5.82 Å². The summed E-state index contributed by atoms with van der Waals surface area (Å²) in [6, 6.07) is 5.53. The molecule has 0 amide bonds. The maximum atomic E-state index is 14.1. The highest BCUT2D eigenvalue weighted by Gasteiger charge is 2.16. The number of nitrogens with two attached hydrogens (primary N) is 2. The lowest BCUT2D eigenvalue weighted by Gasteiger charge is -2.08. The zero-order valence-corrected chi connectivity index (χ0v) is 11.2. The number of nitrogens with zero attached hydrogens (tertiary/aromatic N) is 4. The summed E-state index contributed by atoms with van der Waals surface area (Å²) >= 11 is 0. The third kappa shape index (κ3) is 2.49. The molecule has 0 spiro atoms. The van der Waals surface area contributed by atoms with Gasteiger partial charge < -0.3 is 16.6 Å². The quantitative estimate of drug-likeness (QED) is 0.656. The highest BCUT2D eigenvalue weighted by Crippen LogP contribution is 2.31. The van der Waals surface area contributed by atoms with Crippen LogP contribution in [0.1, 0.15) is 0 Å². The molecular formula is C14H11FN6O. The van der Waals surface area contributed by atoms with Gasteiger partial charge in [-0.2, -0.15) is 0 Å². The van der Waals surface area contributed by atoms with E-state index in [0.29, 0.717) is 5.56 Å². The summed E-state index contributed by atoms with van der Waals surface area (Å²) in [5.74, 6) is -0.771. The van der Waals surface area contributed by atoms with Crippen molar-refractivity contribution < 1.29 is 9.50 Å². The maximum Gasteiger partial charge on any atom is 0.220 e. The van der Waals surface area contributed by atoms with Crippen molar-refractivity contribution >= 4 is 11.8 Å². The van der Waals surface area contributed by atoms with E-state index >= 15 is 0 Å². The Labute approximate surface area is 124 Å². The Morgan fingerprint density at radius 3 is 2.45 bits per heavy atom. The third-order valence-electron chi connectivity index (χ3n) is 2.93. The molecule has 3 aromatic heterocycles. The Hall–Kier alpha value is -3.29. The number of hydrogen-bond acceptors (Lipinski definition) is 7. The number of nitrogen functional groups attached to an aromatic ring is 2.